The Hall–Kier alpha value is -0.870. The molecule has 0 spiro atoms. The van der Waals surface area contributed by atoms with Crippen LogP contribution in [0.15, 0.2) is 17.5 Å². The molecule has 0 amide bonds. The molecule has 3 nitrogen and oxygen atoms in total. The highest BCUT2D eigenvalue weighted by atomic mass is 32.1. The molecule has 0 fully saturated rings. The average molecular weight is 297 g/mol. The monoisotopic (exact) mass is 297 g/mol. The van der Waals surface area contributed by atoms with Gasteiger partial charge in [0.1, 0.15) is 5.54 Å². The minimum atomic E-state index is -0.578. The van der Waals surface area contributed by atoms with Crippen LogP contribution in [-0.4, -0.2) is 18.6 Å². The van der Waals surface area contributed by atoms with Gasteiger partial charge in [0.15, 0.2) is 0 Å². The Balaban J connectivity index is 2.45. The molecule has 1 heterocycles. The lowest BCUT2D eigenvalue weighted by atomic mass is 9.93. The predicted molar refractivity (Wildman–Crippen MR) is 85.0 cm³/mol. The van der Waals surface area contributed by atoms with Gasteiger partial charge in [0.2, 0.25) is 0 Å². The van der Waals surface area contributed by atoms with Crippen molar-refractivity contribution in [3.63, 3.8) is 0 Å². The third kappa shape index (κ3) is 5.63. The third-order valence-electron chi connectivity index (χ3n) is 3.65. The molecule has 1 aromatic rings. The molecular formula is C16H27NO2S. The number of rotatable bonds is 10. The molecule has 1 atom stereocenters. The number of carbonyl (C=O) groups excluding carboxylic acids is 1. The topological polar surface area (TPSA) is 38.3 Å². The van der Waals surface area contributed by atoms with Crippen molar-refractivity contribution >= 4 is 17.3 Å². The SMILES string of the molecule is CCCCCCCC(C)(NCc1cccs1)C(=O)OC. The molecule has 0 saturated carbocycles. The van der Waals surface area contributed by atoms with Crippen LogP contribution in [0, 0.1) is 0 Å². The molecule has 0 saturated heterocycles. The predicted octanol–water partition coefficient (Wildman–Crippen LogP) is 4.13. The van der Waals surface area contributed by atoms with Gasteiger partial charge in [-0.25, -0.2) is 0 Å². The van der Waals surface area contributed by atoms with E-state index in [1.54, 1.807) is 11.3 Å². The van der Waals surface area contributed by atoms with Crippen molar-refractivity contribution in [2.24, 2.45) is 0 Å². The van der Waals surface area contributed by atoms with Crippen LogP contribution in [0.25, 0.3) is 0 Å². The summed E-state index contributed by atoms with van der Waals surface area (Å²) in [6.45, 7) is 4.88. The largest absolute Gasteiger partial charge is 0.468 e. The van der Waals surface area contributed by atoms with Crippen molar-refractivity contribution in [3.8, 4) is 0 Å². The smallest absolute Gasteiger partial charge is 0.325 e. The summed E-state index contributed by atoms with van der Waals surface area (Å²) in [6, 6.07) is 4.11. The summed E-state index contributed by atoms with van der Waals surface area (Å²) in [5.41, 5.74) is -0.578. The molecule has 1 unspecified atom stereocenters. The van der Waals surface area contributed by atoms with Crippen molar-refractivity contribution in [1.82, 2.24) is 5.32 Å². The van der Waals surface area contributed by atoms with Crippen LogP contribution in [0.2, 0.25) is 0 Å². The van der Waals surface area contributed by atoms with E-state index < -0.39 is 5.54 Å². The van der Waals surface area contributed by atoms with E-state index in [2.05, 4.69) is 23.7 Å². The molecule has 0 aromatic carbocycles. The lowest BCUT2D eigenvalue weighted by Crippen LogP contribution is -2.49. The molecule has 4 heteroatoms. The fourth-order valence-corrected chi connectivity index (χ4v) is 2.91. The van der Waals surface area contributed by atoms with Crippen LogP contribution in [0.1, 0.15) is 57.2 Å². The summed E-state index contributed by atoms with van der Waals surface area (Å²) < 4.78 is 4.97. The van der Waals surface area contributed by atoms with Gasteiger partial charge in [0.25, 0.3) is 0 Å². The standard InChI is InChI=1S/C16H27NO2S/c1-4-5-6-7-8-11-16(2,15(18)19-3)17-13-14-10-9-12-20-14/h9-10,12,17H,4-8,11,13H2,1-3H3. The van der Waals surface area contributed by atoms with Gasteiger partial charge in [-0.15, -0.1) is 11.3 Å². The summed E-state index contributed by atoms with van der Waals surface area (Å²) in [6.07, 6.45) is 6.83. The maximum atomic E-state index is 12.0. The van der Waals surface area contributed by atoms with E-state index in [9.17, 15) is 4.79 Å². The Bertz CT molecular complexity index is 378. The Morgan fingerprint density at radius 2 is 2.10 bits per heavy atom. The second kappa shape index (κ2) is 9.14. The van der Waals surface area contributed by atoms with Crippen LogP contribution < -0.4 is 5.32 Å². The van der Waals surface area contributed by atoms with E-state index in [4.69, 9.17) is 4.74 Å². The zero-order valence-electron chi connectivity index (χ0n) is 12.9. The number of carbonyl (C=O) groups is 1. The Labute approximate surface area is 126 Å². The number of nitrogens with one attached hydrogen (secondary N) is 1. The van der Waals surface area contributed by atoms with E-state index in [0.29, 0.717) is 0 Å². The van der Waals surface area contributed by atoms with E-state index in [1.165, 1.54) is 37.7 Å². The van der Waals surface area contributed by atoms with Crippen LogP contribution in [-0.2, 0) is 16.1 Å². The first-order chi connectivity index (χ1) is 9.62. The number of hydrogen-bond acceptors (Lipinski definition) is 4. The Morgan fingerprint density at radius 1 is 1.35 bits per heavy atom. The molecule has 1 rings (SSSR count). The summed E-state index contributed by atoms with van der Waals surface area (Å²) in [7, 11) is 1.46. The first-order valence-electron chi connectivity index (χ1n) is 7.48. The summed E-state index contributed by atoms with van der Waals surface area (Å²) in [4.78, 5) is 13.3. The van der Waals surface area contributed by atoms with Crippen LogP contribution >= 0.6 is 11.3 Å². The first kappa shape index (κ1) is 17.2. The highest BCUT2D eigenvalue weighted by molar-refractivity contribution is 7.09. The molecule has 0 aliphatic carbocycles. The molecule has 0 aliphatic rings. The fourth-order valence-electron chi connectivity index (χ4n) is 2.27. The normalized spacial score (nSPS) is 13.9. The zero-order valence-corrected chi connectivity index (χ0v) is 13.7. The minimum Gasteiger partial charge on any atom is -0.468 e. The van der Waals surface area contributed by atoms with Crippen LogP contribution in [0.5, 0.6) is 0 Å². The number of esters is 1. The Morgan fingerprint density at radius 3 is 2.70 bits per heavy atom. The highest BCUT2D eigenvalue weighted by Crippen LogP contribution is 2.19. The van der Waals surface area contributed by atoms with Gasteiger partial charge in [0, 0.05) is 11.4 Å². The maximum Gasteiger partial charge on any atom is 0.325 e. The fraction of sp³-hybridized carbons (Fsp3) is 0.688. The van der Waals surface area contributed by atoms with Gasteiger partial charge in [-0.2, -0.15) is 0 Å². The number of methoxy groups -OCH3 is 1. The third-order valence-corrected chi connectivity index (χ3v) is 4.53. The zero-order chi connectivity index (χ0) is 14.8. The average Bonchev–Trinajstić information content (AvgIpc) is 2.97. The lowest BCUT2D eigenvalue weighted by Gasteiger charge is -2.28. The van der Waals surface area contributed by atoms with Gasteiger partial charge in [-0.05, 0) is 24.8 Å². The van der Waals surface area contributed by atoms with Gasteiger partial charge in [-0.3, -0.25) is 10.1 Å². The lowest BCUT2D eigenvalue weighted by molar-refractivity contribution is -0.148. The number of hydrogen-bond donors (Lipinski definition) is 1. The van der Waals surface area contributed by atoms with Crippen molar-refractivity contribution in [2.45, 2.75) is 64.5 Å². The first-order valence-corrected chi connectivity index (χ1v) is 8.36. The van der Waals surface area contributed by atoms with Crippen molar-refractivity contribution < 1.29 is 9.53 Å². The van der Waals surface area contributed by atoms with Crippen molar-refractivity contribution in [3.05, 3.63) is 22.4 Å². The molecular weight excluding hydrogens is 270 g/mol. The molecule has 0 bridgehead atoms. The van der Waals surface area contributed by atoms with E-state index >= 15 is 0 Å². The highest BCUT2D eigenvalue weighted by Gasteiger charge is 2.33. The van der Waals surface area contributed by atoms with E-state index in [1.807, 2.05) is 13.0 Å². The number of ether oxygens (including phenoxy) is 1. The maximum absolute atomic E-state index is 12.0. The second-order valence-corrected chi connectivity index (χ2v) is 6.45. The number of thiophene rings is 1. The number of unbranched alkanes of at least 4 members (excludes halogenated alkanes) is 4. The van der Waals surface area contributed by atoms with Crippen molar-refractivity contribution in [2.75, 3.05) is 7.11 Å². The van der Waals surface area contributed by atoms with Gasteiger partial charge in [0.05, 0.1) is 7.11 Å². The van der Waals surface area contributed by atoms with E-state index in [-0.39, 0.29) is 5.97 Å². The molecule has 1 aromatic heterocycles. The van der Waals surface area contributed by atoms with Gasteiger partial charge < -0.3 is 4.74 Å². The summed E-state index contributed by atoms with van der Waals surface area (Å²) in [5.74, 6) is -0.162. The molecule has 20 heavy (non-hydrogen) atoms. The van der Waals surface area contributed by atoms with Crippen LogP contribution in [0.3, 0.4) is 0 Å². The van der Waals surface area contributed by atoms with Crippen molar-refractivity contribution in [1.29, 1.82) is 0 Å². The minimum absolute atomic E-state index is 0.162. The molecule has 0 aliphatic heterocycles. The molecule has 0 radical (unpaired) electrons. The Kier molecular flexibility index (Phi) is 7.85. The summed E-state index contributed by atoms with van der Waals surface area (Å²) in [5, 5.41) is 5.43. The molecule has 114 valence electrons. The van der Waals surface area contributed by atoms with Gasteiger partial charge in [-0.1, -0.05) is 45.1 Å². The van der Waals surface area contributed by atoms with Gasteiger partial charge >= 0.3 is 5.97 Å². The summed E-state index contributed by atoms with van der Waals surface area (Å²) >= 11 is 1.70. The molecule has 1 N–H and O–H groups in total. The second-order valence-electron chi connectivity index (χ2n) is 5.42. The quantitative estimate of drug-likeness (QED) is 0.521. The van der Waals surface area contributed by atoms with Crippen LogP contribution in [0.4, 0.5) is 0 Å². The van der Waals surface area contributed by atoms with E-state index in [0.717, 1.165) is 19.4 Å².